The first-order valence-electron chi connectivity index (χ1n) is 7.24. The van der Waals surface area contributed by atoms with E-state index < -0.39 is 0 Å². The van der Waals surface area contributed by atoms with Crippen molar-refractivity contribution in [1.82, 2.24) is 15.4 Å². The van der Waals surface area contributed by atoms with Crippen LogP contribution in [0.1, 0.15) is 26.5 Å². The number of thioether (sulfide) groups is 1. The van der Waals surface area contributed by atoms with Gasteiger partial charge in [-0.05, 0) is 12.8 Å². The molecule has 1 unspecified atom stereocenters. The van der Waals surface area contributed by atoms with E-state index in [1.807, 2.05) is 6.07 Å². The first kappa shape index (κ1) is 15.2. The van der Waals surface area contributed by atoms with Crippen molar-refractivity contribution in [3.63, 3.8) is 0 Å². The number of aliphatic imine (C=N–C) groups is 1. The molecule has 1 saturated heterocycles. The minimum atomic E-state index is 0.564. The minimum absolute atomic E-state index is 0.564. The molecule has 0 bridgehead atoms. The first-order chi connectivity index (χ1) is 9.70. The van der Waals surface area contributed by atoms with Crippen LogP contribution in [0.3, 0.4) is 0 Å². The van der Waals surface area contributed by atoms with Gasteiger partial charge in [-0.3, -0.25) is 0 Å². The van der Waals surface area contributed by atoms with Crippen molar-refractivity contribution in [3.8, 4) is 0 Å². The molecule has 1 aromatic heterocycles. The third-order valence-corrected chi connectivity index (χ3v) is 4.89. The summed E-state index contributed by atoms with van der Waals surface area (Å²) < 4.78 is 4.84. The van der Waals surface area contributed by atoms with Crippen molar-refractivity contribution in [3.05, 3.63) is 18.0 Å². The molecule has 1 fully saturated rings. The Morgan fingerprint density at radius 3 is 3.15 bits per heavy atom. The fourth-order valence-corrected chi connectivity index (χ4v) is 3.47. The summed E-state index contributed by atoms with van der Waals surface area (Å²) >= 11 is 2.07. The van der Waals surface area contributed by atoms with Gasteiger partial charge in [0.15, 0.2) is 5.96 Å². The summed E-state index contributed by atoms with van der Waals surface area (Å²) in [6.07, 6.45) is 1.59. The molecule has 5 nitrogen and oxygen atoms in total. The van der Waals surface area contributed by atoms with Crippen molar-refractivity contribution < 1.29 is 4.52 Å². The van der Waals surface area contributed by atoms with Crippen molar-refractivity contribution in [2.75, 3.05) is 25.4 Å². The molecular formula is C14H24N4OS. The Morgan fingerprint density at radius 1 is 1.65 bits per heavy atom. The van der Waals surface area contributed by atoms with E-state index in [0.29, 0.717) is 17.7 Å². The highest BCUT2D eigenvalue weighted by atomic mass is 32.2. The standard InChI is InChI=1S/C14H24N4OS/c1-4-15-14(16-9-12-5-7-19-17-12)18-6-8-20-13(10-18)11(2)3/h5,7,11,13H,4,6,8-10H2,1-3H3,(H,15,16). The Labute approximate surface area is 125 Å². The van der Waals surface area contributed by atoms with Crippen LogP contribution in [0.4, 0.5) is 0 Å². The molecular weight excluding hydrogens is 272 g/mol. The molecule has 6 heteroatoms. The van der Waals surface area contributed by atoms with Gasteiger partial charge in [0.05, 0.1) is 6.54 Å². The van der Waals surface area contributed by atoms with E-state index in [2.05, 4.69) is 52.9 Å². The van der Waals surface area contributed by atoms with Gasteiger partial charge < -0.3 is 14.7 Å². The molecule has 0 amide bonds. The predicted octanol–water partition coefficient (Wildman–Crippen LogP) is 2.21. The van der Waals surface area contributed by atoms with Gasteiger partial charge in [0.2, 0.25) is 0 Å². The van der Waals surface area contributed by atoms with Crippen LogP contribution in [0.25, 0.3) is 0 Å². The highest BCUT2D eigenvalue weighted by Crippen LogP contribution is 2.24. The molecule has 0 aromatic carbocycles. The van der Waals surface area contributed by atoms with Crippen molar-refractivity contribution in [2.24, 2.45) is 10.9 Å². The molecule has 0 radical (unpaired) electrons. The topological polar surface area (TPSA) is 53.7 Å². The summed E-state index contributed by atoms with van der Waals surface area (Å²) in [5.74, 6) is 2.85. The van der Waals surface area contributed by atoms with Crippen molar-refractivity contribution >= 4 is 17.7 Å². The molecule has 2 rings (SSSR count). The second-order valence-electron chi connectivity index (χ2n) is 5.26. The fraction of sp³-hybridized carbons (Fsp3) is 0.714. The largest absolute Gasteiger partial charge is 0.364 e. The van der Waals surface area contributed by atoms with Gasteiger partial charge in [0, 0.05) is 36.7 Å². The van der Waals surface area contributed by atoms with E-state index in [-0.39, 0.29) is 0 Å². The summed E-state index contributed by atoms with van der Waals surface area (Å²) in [6.45, 7) is 10.2. The molecule has 2 heterocycles. The Hall–Kier alpha value is -1.17. The van der Waals surface area contributed by atoms with E-state index in [1.54, 1.807) is 6.26 Å². The maximum Gasteiger partial charge on any atom is 0.194 e. The lowest BCUT2D eigenvalue weighted by Gasteiger charge is -2.36. The molecule has 0 spiro atoms. The van der Waals surface area contributed by atoms with Crippen LogP contribution in [0.2, 0.25) is 0 Å². The van der Waals surface area contributed by atoms with Crippen LogP contribution in [0.5, 0.6) is 0 Å². The monoisotopic (exact) mass is 296 g/mol. The maximum atomic E-state index is 4.84. The van der Waals surface area contributed by atoms with Gasteiger partial charge >= 0.3 is 0 Å². The van der Waals surface area contributed by atoms with E-state index in [9.17, 15) is 0 Å². The van der Waals surface area contributed by atoms with E-state index in [4.69, 9.17) is 4.52 Å². The van der Waals surface area contributed by atoms with Gasteiger partial charge in [-0.2, -0.15) is 11.8 Å². The zero-order valence-corrected chi connectivity index (χ0v) is 13.3. The lowest BCUT2D eigenvalue weighted by molar-refractivity contribution is 0.380. The highest BCUT2D eigenvalue weighted by molar-refractivity contribution is 8.00. The number of rotatable bonds is 4. The summed E-state index contributed by atoms with van der Waals surface area (Å²) in [5.41, 5.74) is 0.868. The third kappa shape index (κ3) is 4.16. The van der Waals surface area contributed by atoms with E-state index in [0.717, 1.165) is 37.0 Å². The van der Waals surface area contributed by atoms with Gasteiger partial charge in [0.25, 0.3) is 0 Å². The smallest absolute Gasteiger partial charge is 0.194 e. The minimum Gasteiger partial charge on any atom is -0.364 e. The SMILES string of the molecule is CCNC(=NCc1ccon1)N1CCSC(C(C)C)C1. The molecule has 1 N–H and O–H groups in total. The Bertz CT molecular complexity index is 419. The summed E-state index contributed by atoms with van der Waals surface area (Å²) in [5, 5.41) is 7.97. The first-order valence-corrected chi connectivity index (χ1v) is 8.29. The quantitative estimate of drug-likeness (QED) is 0.682. The summed E-state index contributed by atoms with van der Waals surface area (Å²) in [6, 6.07) is 1.86. The molecule has 1 aliphatic heterocycles. The van der Waals surface area contributed by atoms with E-state index in [1.165, 1.54) is 0 Å². The van der Waals surface area contributed by atoms with Gasteiger partial charge in [-0.15, -0.1) is 0 Å². The zero-order valence-electron chi connectivity index (χ0n) is 12.5. The molecule has 1 atom stereocenters. The Kier molecular flexibility index (Phi) is 5.76. The summed E-state index contributed by atoms with van der Waals surface area (Å²) in [4.78, 5) is 7.04. The maximum absolute atomic E-state index is 4.84. The average Bonchev–Trinajstić information content (AvgIpc) is 2.97. The summed E-state index contributed by atoms with van der Waals surface area (Å²) in [7, 11) is 0. The molecule has 1 aromatic rings. The van der Waals surface area contributed by atoms with Crippen LogP contribution >= 0.6 is 11.8 Å². The normalized spacial score (nSPS) is 20.5. The van der Waals surface area contributed by atoms with Crippen LogP contribution in [-0.2, 0) is 6.54 Å². The van der Waals surface area contributed by atoms with Gasteiger partial charge in [-0.25, -0.2) is 4.99 Å². The van der Waals surface area contributed by atoms with Crippen LogP contribution in [0, 0.1) is 5.92 Å². The number of aromatic nitrogens is 1. The van der Waals surface area contributed by atoms with Crippen LogP contribution in [0.15, 0.2) is 21.8 Å². The Balaban J connectivity index is 2.01. The molecule has 0 saturated carbocycles. The third-order valence-electron chi connectivity index (χ3n) is 3.35. The number of nitrogens with one attached hydrogen (secondary N) is 1. The van der Waals surface area contributed by atoms with Gasteiger partial charge in [0.1, 0.15) is 12.0 Å². The Morgan fingerprint density at radius 2 is 2.50 bits per heavy atom. The molecule has 112 valence electrons. The van der Waals surface area contributed by atoms with E-state index >= 15 is 0 Å². The lowest BCUT2D eigenvalue weighted by atomic mass is 10.1. The number of hydrogen-bond acceptors (Lipinski definition) is 4. The molecule has 1 aliphatic rings. The average molecular weight is 296 g/mol. The molecule has 20 heavy (non-hydrogen) atoms. The molecule has 0 aliphatic carbocycles. The zero-order chi connectivity index (χ0) is 14.4. The van der Waals surface area contributed by atoms with Crippen LogP contribution in [-0.4, -0.2) is 46.7 Å². The fourth-order valence-electron chi connectivity index (χ4n) is 2.17. The highest BCUT2D eigenvalue weighted by Gasteiger charge is 2.24. The van der Waals surface area contributed by atoms with Crippen LogP contribution < -0.4 is 5.32 Å². The number of hydrogen-bond donors (Lipinski definition) is 1. The number of guanidine groups is 1. The van der Waals surface area contributed by atoms with Gasteiger partial charge in [-0.1, -0.05) is 19.0 Å². The van der Waals surface area contributed by atoms with Crippen molar-refractivity contribution in [2.45, 2.75) is 32.6 Å². The number of nitrogens with zero attached hydrogens (tertiary/aromatic N) is 3. The second-order valence-corrected chi connectivity index (χ2v) is 6.61. The lowest BCUT2D eigenvalue weighted by Crippen LogP contribution is -2.49. The second kappa shape index (κ2) is 7.57. The predicted molar refractivity (Wildman–Crippen MR) is 84.0 cm³/mol. The van der Waals surface area contributed by atoms with Crippen molar-refractivity contribution in [1.29, 1.82) is 0 Å².